The first-order chi connectivity index (χ1) is 11.9. The molecule has 132 valence electrons. The second-order valence-electron chi connectivity index (χ2n) is 6.22. The number of nitrogens with zero attached hydrogens (tertiary/aromatic N) is 1. The number of ether oxygens (including phenoxy) is 1. The molecule has 0 fully saturated rings. The van der Waals surface area contributed by atoms with Crippen molar-refractivity contribution in [1.29, 1.82) is 0 Å². The number of rotatable bonds is 6. The fourth-order valence-corrected chi connectivity index (χ4v) is 2.45. The summed E-state index contributed by atoms with van der Waals surface area (Å²) in [4.78, 5) is 12.0. The van der Waals surface area contributed by atoms with Crippen LogP contribution in [0.2, 0.25) is 5.02 Å². The van der Waals surface area contributed by atoms with Crippen LogP contribution in [0.4, 0.5) is 0 Å². The maximum absolute atomic E-state index is 12.0. The van der Waals surface area contributed by atoms with Gasteiger partial charge in [-0.15, -0.1) is 0 Å². The monoisotopic (exact) mass is 358 g/mol. The topological polar surface area (TPSA) is 50.7 Å². The van der Waals surface area contributed by atoms with Crippen molar-refractivity contribution in [2.24, 2.45) is 5.10 Å². The third kappa shape index (κ3) is 5.61. The third-order valence-electron chi connectivity index (χ3n) is 3.76. The van der Waals surface area contributed by atoms with Gasteiger partial charge >= 0.3 is 0 Å². The number of aryl methyl sites for hydroxylation is 1. The van der Waals surface area contributed by atoms with Gasteiger partial charge in [-0.05, 0) is 54.7 Å². The quantitative estimate of drug-likeness (QED) is 0.601. The van der Waals surface area contributed by atoms with Crippen LogP contribution >= 0.6 is 11.6 Å². The van der Waals surface area contributed by atoms with Gasteiger partial charge in [0.1, 0.15) is 5.75 Å². The summed E-state index contributed by atoms with van der Waals surface area (Å²) in [6, 6.07) is 13.3. The Morgan fingerprint density at radius 2 is 1.88 bits per heavy atom. The Morgan fingerprint density at radius 3 is 2.52 bits per heavy atom. The molecule has 0 bridgehead atoms. The lowest BCUT2D eigenvalue weighted by molar-refractivity contribution is -0.123. The van der Waals surface area contributed by atoms with Crippen molar-refractivity contribution in [3.8, 4) is 5.75 Å². The second kappa shape index (κ2) is 8.67. The van der Waals surface area contributed by atoms with Crippen LogP contribution in [-0.4, -0.2) is 18.2 Å². The van der Waals surface area contributed by atoms with Gasteiger partial charge in [-0.25, -0.2) is 5.43 Å². The van der Waals surface area contributed by atoms with Gasteiger partial charge in [-0.2, -0.15) is 5.10 Å². The van der Waals surface area contributed by atoms with Crippen LogP contribution in [0.15, 0.2) is 47.6 Å². The molecule has 0 heterocycles. The molecule has 0 saturated carbocycles. The molecule has 2 aromatic rings. The number of halogens is 1. The number of amides is 1. The summed E-state index contributed by atoms with van der Waals surface area (Å²) < 4.78 is 5.70. The fourth-order valence-electron chi connectivity index (χ4n) is 2.32. The summed E-state index contributed by atoms with van der Waals surface area (Å²) in [7, 11) is 0. The largest absolute Gasteiger partial charge is 0.483 e. The summed E-state index contributed by atoms with van der Waals surface area (Å²) in [5.41, 5.74) is 6.29. The molecule has 1 N–H and O–H groups in total. The molecule has 0 atom stereocenters. The minimum atomic E-state index is -0.301. The van der Waals surface area contributed by atoms with Gasteiger partial charge in [0.2, 0.25) is 0 Å². The minimum Gasteiger partial charge on any atom is -0.483 e. The smallest absolute Gasteiger partial charge is 0.277 e. The molecule has 0 spiro atoms. The molecule has 0 aromatic heterocycles. The van der Waals surface area contributed by atoms with Gasteiger partial charge in [0.05, 0.1) is 5.71 Å². The van der Waals surface area contributed by atoms with Gasteiger partial charge in [0, 0.05) is 5.02 Å². The van der Waals surface area contributed by atoms with E-state index in [2.05, 4.69) is 24.4 Å². The van der Waals surface area contributed by atoms with Crippen molar-refractivity contribution in [3.63, 3.8) is 0 Å². The van der Waals surface area contributed by atoms with Crippen molar-refractivity contribution in [2.45, 2.75) is 33.6 Å². The Bertz CT molecular complexity index is 768. The highest BCUT2D eigenvalue weighted by molar-refractivity contribution is 6.30. The first-order valence-electron chi connectivity index (χ1n) is 8.19. The van der Waals surface area contributed by atoms with E-state index >= 15 is 0 Å². The Kier molecular flexibility index (Phi) is 6.59. The first-order valence-corrected chi connectivity index (χ1v) is 8.57. The lowest BCUT2D eigenvalue weighted by atomic mass is 10.0. The highest BCUT2D eigenvalue weighted by Crippen LogP contribution is 2.27. The molecule has 4 nitrogen and oxygen atoms in total. The van der Waals surface area contributed by atoms with E-state index in [0.717, 1.165) is 22.4 Å². The fraction of sp³-hybridized carbons (Fsp3) is 0.300. The number of hydrogen-bond donors (Lipinski definition) is 1. The molecule has 5 heteroatoms. The molecule has 25 heavy (non-hydrogen) atoms. The molecule has 2 aromatic carbocycles. The van der Waals surface area contributed by atoms with Crippen molar-refractivity contribution < 1.29 is 9.53 Å². The van der Waals surface area contributed by atoms with Crippen molar-refractivity contribution in [2.75, 3.05) is 6.61 Å². The minimum absolute atomic E-state index is 0.0828. The summed E-state index contributed by atoms with van der Waals surface area (Å²) in [5, 5.41) is 4.77. The zero-order valence-corrected chi connectivity index (χ0v) is 15.7. The lowest BCUT2D eigenvalue weighted by Gasteiger charge is -2.14. The number of carbonyl (C=O) groups is 1. The predicted molar refractivity (Wildman–Crippen MR) is 103 cm³/mol. The lowest BCUT2D eigenvalue weighted by Crippen LogP contribution is -2.26. The molecular weight excluding hydrogens is 336 g/mol. The number of carbonyl (C=O) groups excluding carboxylic acids is 1. The second-order valence-corrected chi connectivity index (χ2v) is 6.66. The van der Waals surface area contributed by atoms with Gasteiger partial charge in [-0.1, -0.05) is 49.7 Å². The summed E-state index contributed by atoms with van der Waals surface area (Å²) >= 11 is 5.86. The number of nitrogens with one attached hydrogen (secondary N) is 1. The van der Waals surface area contributed by atoms with E-state index < -0.39 is 0 Å². The Hall–Kier alpha value is -2.33. The van der Waals surface area contributed by atoms with Gasteiger partial charge in [0.25, 0.3) is 5.91 Å². The summed E-state index contributed by atoms with van der Waals surface area (Å²) in [6.07, 6.45) is 0. The van der Waals surface area contributed by atoms with Gasteiger partial charge in [-0.3, -0.25) is 4.79 Å². The zero-order chi connectivity index (χ0) is 18.4. The first kappa shape index (κ1) is 19.0. The SMILES string of the molecule is CC(=NNC(=O)COc1cc(C)ccc1C(C)C)c1ccc(Cl)cc1. The Labute approximate surface area is 153 Å². The van der Waals surface area contributed by atoms with Crippen LogP contribution in [0.25, 0.3) is 0 Å². The number of hydrazone groups is 1. The average molecular weight is 359 g/mol. The molecule has 0 aliphatic rings. The number of hydrogen-bond acceptors (Lipinski definition) is 3. The van der Waals surface area contributed by atoms with Crippen LogP contribution < -0.4 is 10.2 Å². The van der Waals surface area contributed by atoms with Crippen LogP contribution in [0, 0.1) is 6.92 Å². The molecule has 0 aliphatic heterocycles. The molecule has 0 unspecified atom stereocenters. The maximum Gasteiger partial charge on any atom is 0.277 e. The predicted octanol–water partition coefficient (Wildman–Crippen LogP) is 4.69. The Balaban J connectivity index is 1.96. The van der Waals surface area contributed by atoms with Crippen LogP contribution in [0.1, 0.15) is 43.4 Å². The summed E-state index contributed by atoms with van der Waals surface area (Å²) in [6.45, 7) is 7.92. The van der Waals surface area contributed by atoms with E-state index in [1.807, 2.05) is 44.2 Å². The van der Waals surface area contributed by atoms with E-state index in [-0.39, 0.29) is 12.5 Å². The standard InChI is InChI=1S/C20H23ClN2O2/c1-13(2)18-10-5-14(3)11-19(18)25-12-20(24)23-22-15(4)16-6-8-17(21)9-7-16/h5-11,13H,12H2,1-4H3,(H,23,24). The maximum atomic E-state index is 12.0. The zero-order valence-electron chi connectivity index (χ0n) is 15.0. The molecule has 1 amide bonds. The van der Waals surface area contributed by atoms with Crippen molar-refractivity contribution in [3.05, 3.63) is 64.2 Å². The molecule has 0 saturated heterocycles. The van der Waals surface area contributed by atoms with Gasteiger partial charge in [0.15, 0.2) is 6.61 Å². The highest BCUT2D eigenvalue weighted by atomic mass is 35.5. The van der Waals surface area contributed by atoms with Crippen LogP contribution in [0.3, 0.4) is 0 Å². The Morgan fingerprint density at radius 1 is 1.20 bits per heavy atom. The van der Waals surface area contributed by atoms with E-state index in [4.69, 9.17) is 16.3 Å². The van der Waals surface area contributed by atoms with Crippen molar-refractivity contribution in [1.82, 2.24) is 5.43 Å². The normalized spacial score (nSPS) is 11.5. The van der Waals surface area contributed by atoms with Gasteiger partial charge < -0.3 is 4.74 Å². The van der Waals surface area contributed by atoms with E-state index in [1.165, 1.54) is 0 Å². The van der Waals surface area contributed by atoms with E-state index in [1.54, 1.807) is 12.1 Å². The number of benzene rings is 2. The van der Waals surface area contributed by atoms with E-state index in [9.17, 15) is 4.79 Å². The van der Waals surface area contributed by atoms with Crippen molar-refractivity contribution >= 4 is 23.2 Å². The third-order valence-corrected chi connectivity index (χ3v) is 4.01. The summed E-state index contributed by atoms with van der Waals surface area (Å²) in [5.74, 6) is 0.761. The van der Waals surface area contributed by atoms with Crippen LogP contribution in [0.5, 0.6) is 5.75 Å². The van der Waals surface area contributed by atoms with E-state index in [0.29, 0.717) is 16.7 Å². The highest BCUT2D eigenvalue weighted by Gasteiger charge is 2.10. The average Bonchev–Trinajstić information content (AvgIpc) is 2.58. The van der Waals surface area contributed by atoms with Crippen LogP contribution in [-0.2, 0) is 4.79 Å². The molecule has 0 radical (unpaired) electrons. The molecular formula is C20H23ClN2O2. The molecule has 2 rings (SSSR count). The molecule has 0 aliphatic carbocycles.